The molecule has 2 aliphatic carbocycles. The van der Waals surface area contributed by atoms with Gasteiger partial charge in [-0.1, -0.05) is 13.8 Å². The number of anilines is 1. The number of urea groups is 1. The SMILES string of the molecule is CC1(C)CCc2c1nc1c(c2NC(=O)N=S(N)(=O)c2cnn3c2OCC3)CCC1. The van der Waals surface area contributed by atoms with Gasteiger partial charge in [0.1, 0.15) is 11.5 Å². The molecule has 0 saturated heterocycles. The minimum atomic E-state index is -3.47. The average molecular weight is 417 g/mol. The van der Waals surface area contributed by atoms with Gasteiger partial charge in [-0.05, 0) is 43.2 Å². The van der Waals surface area contributed by atoms with Gasteiger partial charge >= 0.3 is 6.03 Å². The third kappa shape index (κ3) is 2.93. The van der Waals surface area contributed by atoms with Crippen LogP contribution in [0.5, 0.6) is 5.88 Å². The number of nitrogens with one attached hydrogen (secondary N) is 1. The van der Waals surface area contributed by atoms with Crippen molar-refractivity contribution in [1.82, 2.24) is 14.8 Å². The molecule has 1 atom stereocenters. The zero-order valence-corrected chi connectivity index (χ0v) is 17.3. The van der Waals surface area contributed by atoms with E-state index in [1.807, 2.05) is 0 Å². The van der Waals surface area contributed by atoms with E-state index in [0.717, 1.165) is 60.3 Å². The Balaban J connectivity index is 1.52. The Morgan fingerprint density at radius 2 is 2.17 bits per heavy atom. The molecule has 0 spiro atoms. The highest BCUT2D eigenvalue weighted by molar-refractivity contribution is 7.91. The lowest BCUT2D eigenvalue weighted by atomic mass is 9.90. The van der Waals surface area contributed by atoms with Gasteiger partial charge in [-0.2, -0.15) is 5.10 Å². The second-order valence-electron chi connectivity index (χ2n) is 8.45. The number of nitrogens with two attached hydrogens (primary N) is 1. The Kier molecular flexibility index (Phi) is 4.01. The third-order valence-electron chi connectivity index (χ3n) is 6.03. The first-order chi connectivity index (χ1) is 13.8. The third-order valence-corrected chi connectivity index (χ3v) is 7.38. The lowest BCUT2D eigenvalue weighted by molar-refractivity contribution is 0.260. The Hall–Kier alpha value is -2.46. The van der Waals surface area contributed by atoms with Gasteiger partial charge in [0.2, 0.25) is 5.88 Å². The second-order valence-corrected chi connectivity index (χ2v) is 10.2. The quantitative estimate of drug-likeness (QED) is 0.777. The van der Waals surface area contributed by atoms with E-state index in [1.165, 1.54) is 6.20 Å². The molecule has 0 bridgehead atoms. The highest BCUT2D eigenvalue weighted by Gasteiger charge is 2.36. The molecule has 5 rings (SSSR count). The largest absolute Gasteiger partial charge is 0.475 e. The standard InChI is InChI=1S/C19H24N6O3S/c1-19(2)7-6-12-15(11-4-3-5-13(11)22-16(12)19)23-18(26)24-29(20,27)14-10-21-25-8-9-28-17(14)25/h10H,3-9H2,1-2H3,(H3,20,22,23,24,26,27). The number of amides is 2. The van der Waals surface area contributed by atoms with Crippen molar-refractivity contribution in [3.05, 3.63) is 28.7 Å². The first-order valence-electron chi connectivity index (χ1n) is 9.86. The van der Waals surface area contributed by atoms with E-state index in [4.69, 9.17) is 14.9 Å². The van der Waals surface area contributed by atoms with E-state index in [9.17, 15) is 9.00 Å². The molecule has 2 amide bonds. The number of nitrogens with zero attached hydrogens (tertiary/aromatic N) is 4. The van der Waals surface area contributed by atoms with E-state index in [-0.39, 0.29) is 10.3 Å². The van der Waals surface area contributed by atoms with Crippen LogP contribution in [0.4, 0.5) is 10.5 Å². The number of ether oxygens (including phenoxy) is 1. The number of pyridine rings is 1. The van der Waals surface area contributed by atoms with Crippen LogP contribution in [0.3, 0.4) is 0 Å². The van der Waals surface area contributed by atoms with Gasteiger partial charge in [0, 0.05) is 11.1 Å². The summed E-state index contributed by atoms with van der Waals surface area (Å²) in [5, 5.41) is 12.9. The molecule has 2 aromatic heterocycles. The van der Waals surface area contributed by atoms with E-state index < -0.39 is 15.9 Å². The monoisotopic (exact) mass is 416 g/mol. The molecule has 1 unspecified atom stereocenters. The average Bonchev–Trinajstić information content (AvgIpc) is 3.38. The molecule has 0 radical (unpaired) electrons. The fourth-order valence-corrected chi connectivity index (χ4v) is 5.53. The molecule has 3 aliphatic rings. The van der Waals surface area contributed by atoms with Gasteiger partial charge in [-0.15, -0.1) is 4.36 Å². The number of carbonyl (C=O) groups is 1. The summed E-state index contributed by atoms with van der Waals surface area (Å²) in [5.41, 5.74) is 4.99. The Labute approximate surface area is 169 Å². The van der Waals surface area contributed by atoms with Gasteiger partial charge in [0.05, 0.1) is 24.1 Å². The maximum atomic E-state index is 13.0. The summed E-state index contributed by atoms with van der Waals surface area (Å²) in [5.74, 6) is 0.321. The van der Waals surface area contributed by atoms with Gasteiger partial charge < -0.3 is 10.1 Å². The van der Waals surface area contributed by atoms with Crippen LogP contribution in [0.25, 0.3) is 0 Å². The van der Waals surface area contributed by atoms with Gasteiger partial charge in [-0.25, -0.2) is 18.8 Å². The maximum absolute atomic E-state index is 13.0. The molecular formula is C19H24N6O3S. The van der Waals surface area contributed by atoms with Crippen molar-refractivity contribution in [2.24, 2.45) is 9.50 Å². The molecule has 0 saturated carbocycles. The molecule has 1 aliphatic heterocycles. The number of fused-ring (bicyclic) bond motifs is 3. The Morgan fingerprint density at radius 1 is 1.34 bits per heavy atom. The Morgan fingerprint density at radius 3 is 3.00 bits per heavy atom. The van der Waals surface area contributed by atoms with Crippen molar-refractivity contribution in [2.75, 3.05) is 11.9 Å². The molecule has 2 aromatic rings. The molecule has 9 nitrogen and oxygen atoms in total. The van der Waals surface area contributed by atoms with Crippen LogP contribution in [0.2, 0.25) is 0 Å². The minimum absolute atomic E-state index is 0.0267. The van der Waals surface area contributed by atoms with Crippen LogP contribution in [0.15, 0.2) is 15.5 Å². The van der Waals surface area contributed by atoms with Crippen molar-refractivity contribution in [2.45, 2.75) is 62.8 Å². The molecular weight excluding hydrogens is 392 g/mol. The predicted octanol–water partition coefficient (Wildman–Crippen LogP) is 2.32. The van der Waals surface area contributed by atoms with Crippen molar-refractivity contribution in [1.29, 1.82) is 0 Å². The summed E-state index contributed by atoms with van der Waals surface area (Å²) in [6, 6.07) is -0.720. The zero-order chi connectivity index (χ0) is 20.4. The highest BCUT2D eigenvalue weighted by atomic mass is 32.2. The van der Waals surface area contributed by atoms with Crippen LogP contribution in [0.1, 0.15) is 49.2 Å². The summed E-state index contributed by atoms with van der Waals surface area (Å²) in [6.07, 6.45) is 5.98. The molecule has 29 heavy (non-hydrogen) atoms. The Bertz CT molecular complexity index is 1160. The summed E-state index contributed by atoms with van der Waals surface area (Å²) in [7, 11) is -3.47. The molecule has 0 fully saturated rings. The fourth-order valence-electron chi connectivity index (χ4n) is 4.53. The van der Waals surface area contributed by atoms with E-state index in [2.05, 4.69) is 28.6 Å². The molecule has 3 heterocycles. The van der Waals surface area contributed by atoms with Crippen molar-refractivity contribution in [3.8, 4) is 5.88 Å². The fraction of sp³-hybridized carbons (Fsp3) is 0.526. The van der Waals surface area contributed by atoms with Gasteiger partial charge in [0.15, 0.2) is 9.92 Å². The summed E-state index contributed by atoms with van der Waals surface area (Å²) in [6.45, 7) is 5.35. The van der Waals surface area contributed by atoms with Crippen molar-refractivity contribution < 1.29 is 13.7 Å². The number of hydrogen-bond acceptors (Lipinski definition) is 5. The maximum Gasteiger partial charge on any atom is 0.354 e. The van der Waals surface area contributed by atoms with Crippen LogP contribution in [-0.4, -0.2) is 31.6 Å². The lowest BCUT2D eigenvalue weighted by Crippen LogP contribution is -2.20. The van der Waals surface area contributed by atoms with E-state index >= 15 is 0 Å². The van der Waals surface area contributed by atoms with E-state index in [1.54, 1.807) is 4.68 Å². The molecule has 0 aromatic carbocycles. The van der Waals surface area contributed by atoms with Crippen molar-refractivity contribution >= 4 is 21.6 Å². The van der Waals surface area contributed by atoms with E-state index in [0.29, 0.717) is 19.0 Å². The highest BCUT2D eigenvalue weighted by Crippen LogP contribution is 2.44. The number of aromatic nitrogens is 3. The number of carbonyl (C=O) groups excluding carboxylic acids is 1. The van der Waals surface area contributed by atoms with Crippen LogP contribution < -0.4 is 15.2 Å². The van der Waals surface area contributed by atoms with Gasteiger partial charge in [-0.3, -0.25) is 4.98 Å². The summed E-state index contributed by atoms with van der Waals surface area (Å²) >= 11 is 0. The topological polar surface area (TPSA) is 124 Å². The zero-order valence-electron chi connectivity index (χ0n) is 16.5. The summed E-state index contributed by atoms with van der Waals surface area (Å²) in [4.78, 5) is 17.8. The molecule has 10 heteroatoms. The minimum Gasteiger partial charge on any atom is -0.475 e. The normalized spacial score (nSPS) is 20.4. The number of aryl methyl sites for hydroxylation is 1. The first-order valence-corrected chi connectivity index (χ1v) is 11.4. The smallest absolute Gasteiger partial charge is 0.354 e. The van der Waals surface area contributed by atoms with Crippen LogP contribution in [0, 0.1) is 0 Å². The van der Waals surface area contributed by atoms with Crippen LogP contribution in [-0.2, 0) is 41.1 Å². The predicted molar refractivity (Wildman–Crippen MR) is 107 cm³/mol. The molecule has 3 N–H and O–H groups in total. The summed E-state index contributed by atoms with van der Waals surface area (Å²) < 4.78 is 23.8. The van der Waals surface area contributed by atoms with Crippen LogP contribution >= 0.6 is 0 Å². The number of hydrogen-bond donors (Lipinski definition) is 2. The van der Waals surface area contributed by atoms with Crippen molar-refractivity contribution in [3.63, 3.8) is 0 Å². The second kappa shape index (κ2) is 6.27. The first kappa shape index (κ1) is 18.6. The molecule has 154 valence electrons. The number of rotatable bonds is 2. The van der Waals surface area contributed by atoms with Gasteiger partial charge in [0.25, 0.3) is 0 Å². The lowest BCUT2D eigenvalue weighted by Gasteiger charge is -2.20.